The van der Waals surface area contributed by atoms with Crippen LogP contribution >= 0.6 is 12.4 Å². The van der Waals surface area contributed by atoms with Crippen molar-refractivity contribution in [2.45, 2.75) is 32.6 Å². The molecule has 0 spiro atoms. The third-order valence-electron chi connectivity index (χ3n) is 3.96. The standard InChI is InChI=1S/C15H25N5O2.ClH/c1-10(2)12-8-13(19-18-12)15(22)20-7-3-4-11(9-20)14(21)17-6-5-16;/h8,10-11H,3-7,9,16H2,1-2H3,(H,17,21)(H,18,19);1H. The largest absolute Gasteiger partial charge is 0.355 e. The first-order valence-electron chi connectivity index (χ1n) is 7.85. The van der Waals surface area contributed by atoms with Crippen LogP contribution in [0.3, 0.4) is 0 Å². The lowest BCUT2D eigenvalue weighted by Crippen LogP contribution is -2.46. The number of aromatic nitrogens is 2. The zero-order valence-electron chi connectivity index (χ0n) is 13.7. The molecule has 2 amide bonds. The number of carbonyl (C=O) groups excluding carboxylic acids is 2. The van der Waals surface area contributed by atoms with Crippen LogP contribution in [0.15, 0.2) is 6.07 Å². The van der Waals surface area contributed by atoms with Gasteiger partial charge < -0.3 is 16.0 Å². The van der Waals surface area contributed by atoms with Crippen molar-refractivity contribution < 1.29 is 9.59 Å². The van der Waals surface area contributed by atoms with E-state index in [1.165, 1.54) is 0 Å². The number of hydrogen-bond donors (Lipinski definition) is 3. The van der Waals surface area contributed by atoms with E-state index in [0.29, 0.717) is 37.8 Å². The second kappa shape index (κ2) is 8.88. The molecule has 1 saturated heterocycles. The summed E-state index contributed by atoms with van der Waals surface area (Å²) in [6, 6.07) is 1.80. The molecule has 1 aromatic heterocycles. The molecule has 1 aromatic rings. The highest BCUT2D eigenvalue weighted by atomic mass is 35.5. The average Bonchev–Trinajstić information content (AvgIpc) is 3.02. The van der Waals surface area contributed by atoms with Crippen LogP contribution in [-0.4, -0.2) is 53.1 Å². The van der Waals surface area contributed by atoms with E-state index in [2.05, 4.69) is 15.5 Å². The molecule has 0 radical (unpaired) electrons. The molecule has 4 N–H and O–H groups in total. The monoisotopic (exact) mass is 343 g/mol. The van der Waals surface area contributed by atoms with E-state index in [-0.39, 0.29) is 30.1 Å². The lowest BCUT2D eigenvalue weighted by Gasteiger charge is -2.31. The molecule has 7 nitrogen and oxygen atoms in total. The Hall–Kier alpha value is -1.60. The summed E-state index contributed by atoms with van der Waals surface area (Å²) in [6.45, 7) is 6.09. The fourth-order valence-electron chi connectivity index (χ4n) is 2.62. The Labute approximate surface area is 142 Å². The van der Waals surface area contributed by atoms with Crippen LogP contribution in [0.1, 0.15) is 48.8 Å². The molecule has 1 fully saturated rings. The van der Waals surface area contributed by atoms with E-state index in [0.717, 1.165) is 18.5 Å². The predicted molar refractivity (Wildman–Crippen MR) is 90.6 cm³/mol. The van der Waals surface area contributed by atoms with Gasteiger partial charge in [0.1, 0.15) is 5.69 Å². The van der Waals surface area contributed by atoms with Gasteiger partial charge in [0.2, 0.25) is 5.91 Å². The smallest absolute Gasteiger partial charge is 0.274 e. The maximum absolute atomic E-state index is 12.5. The minimum atomic E-state index is -0.159. The number of carbonyl (C=O) groups is 2. The van der Waals surface area contributed by atoms with Crippen LogP contribution in [0.5, 0.6) is 0 Å². The number of halogens is 1. The highest BCUT2D eigenvalue weighted by Gasteiger charge is 2.29. The molecule has 8 heteroatoms. The summed E-state index contributed by atoms with van der Waals surface area (Å²) in [7, 11) is 0. The fraction of sp³-hybridized carbons (Fsp3) is 0.667. The Morgan fingerprint density at radius 3 is 2.87 bits per heavy atom. The molecular weight excluding hydrogens is 318 g/mol. The number of H-pyrrole nitrogens is 1. The second-order valence-electron chi connectivity index (χ2n) is 6.03. The Morgan fingerprint density at radius 2 is 2.26 bits per heavy atom. The summed E-state index contributed by atoms with van der Waals surface area (Å²) in [6.07, 6.45) is 1.63. The Bertz CT molecular complexity index is 532. The van der Waals surface area contributed by atoms with Gasteiger partial charge in [-0.1, -0.05) is 13.8 Å². The number of nitrogens with zero attached hydrogens (tertiary/aromatic N) is 2. The van der Waals surface area contributed by atoms with Crippen molar-refractivity contribution in [3.63, 3.8) is 0 Å². The van der Waals surface area contributed by atoms with E-state index in [1.807, 2.05) is 13.8 Å². The first-order valence-corrected chi connectivity index (χ1v) is 7.85. The normalized spacial score (nSPS) is 17.7. The molecule has 1 aliphatic rings. The van der Waals surface area contributed by atoms with E-state index in [1.54, 1.807) is 11.0 Å². The third-order valence-corrected chi connectivity index (χ3v) is 3.96. The lowest BCUT2D eigenvalue weighted by atomic mass is 9.97. The predicted octanol–water partition coefficient (Wildman–Crippen LogP) is 0.882. The number of nitrogens with one attached hydrogen (secondary N) is 2. The highest BCUT2D eigenvalue weighted by Crippen LogP contribution is 2.19. The Morgan fingerprint density at radius 1 is 1.52 bits per heavy atom. The van der Waals surface area contributed by atoms with E-state index in [9.17, 15) is 9.59 Å². The molecule has 1 aliphatic heterocycles. The van der Waals surface area contributed by atoms with Crippen molar-refractivity contribution in [1.82, 2.24) is 20.4 Å². The van der Waals surface area contributed by atoms with E-state index < -0.39 is 0 Å². The van der Waals surface area contributed by atoms with Gasteiger partial charge in [-0.2, -0.15) is 5.10 Å². The number of likely N-dealkylation sites (tertiary alicyclic amines) is 1. The Kier molecular flexibility index (Phi) is 7.51. The highest BCUT2D eigenvalue weighted by molar-refractivity contribution is 5.93. The maximum Gasteiger partial charge on any atom is 0.274 e. The van der Waals surface area contributed by atoms with Crippen molar-refractivity contribution in [3.05, 3.63) is 17.5 Å². The summed E-state index contributed by atoms with van der Waals surface area (Å²) in [5.74, 6) is 0.00489. The van der Waals surface area contributed by atoms with Crippen molar-refractivity contribution in [2.24, 2.45) is 11.7 Å². The number of piperidine rings is 1. The Balaban J connectivity index is 0.00000264. The molecule has 0 saturated carbocycles. The minimum Gasteiger partial charge on any atom is -0.355 e. The van der Waals surface area contributed by atoms with E-state index in [4.69, 9.17) is 5.73 Å². The zero-order valence-corrected chi connectivity index (χ0v) is 14.5. The molecule has 2 heterocycles. The van der Waals surface area contributed by atoms with E-state index >= 15 is 0 Å². The summed E-state index contributed by atoms with van der Waals surface area (Å²) in [5.41, 5.74) is 6.76. The van der Waals surface area contributed by atoms with Crippen molar-refractivity contribution >= 4 is 24.2 Å². The molecule has 130 valence electrons. The van der Waals surface area contributed by atoms with Gasteiger partial charge in [-0.05, 0) is 24.8 Å². The number of hydrogen-bond acceptors (Lipinski definition) is 4. The van der Waals surface area contributed by atoms with Gasteiger partial charge in [0.05, 0.1) is 5.92 Å². The van der Waals surface area contributed by atoms with Gasteiger partial charge in [-0.3, -0.25) is 14.7 Å². The first-order chi connectivity index (χ1) is 10.5. The maximum atomic E-state index is 12.5. The van der Waals surface area contributed by atoms with Crippen molar-refractivity contribution in [1.29, 1.82) is 0 Å². The topological polar surface area (TPSA) is 104 Å². The van der Waals surface area contributed by atoms with Crippen molar-refractivity contribution in [2.75, 3.05) is 26.2 Å². The van der Waals surface area contributed by atoms with Crippen molar-refractivity contribution in [3.8, 4) is 0 Å². The fourth-order valence-corrected chi connectivity index (χ4v) is 2.62. The summed E-state index contributed by atoms with van der Waals surface area (Å²) >= 11 is 0. The SMILES string of the molecule is CC(C)c1cc(C(=O)N2CCCC(C(=O)NCCN)C2)n[nH]1.Cl. The lowest BCUT2D eigenvalue weighted by molar-refractivity contribution is -0.126. The van der Waals surface area contributed by atoms with Gasteiger partial charge in [-0.15, -0.1) is 12.4 Å². The van der Waals surface area contributed by atoms with Crippen LogP contribution in [-0.2, 0) is 4.79 Å². The summed E-state index contributed by atoms with van der Waals surface area (Å²) in [5, 5.41) is 9.79. The summed E-state index contributed by atoms with van der Waals surface area (Å²) < 4.78 is 0. The number of nitrogens with two attached hydrogens (primary N) is 1. The molecule has 0 bridgehead atoms. The molecule has 1 atom stereocenters. The van der Waals surface area contributed by atoms with Crippen LogP contribution < -0.4 is 11.1 Å². The van der Waals surface area contributed by atoms with Gasteiger partial charge in [0, 0.05) is 31.9 Å². The molecule has 23 heavy (non-hydrogen) atoms. The van der Waals surface area contributed by atoms with Gasteiger partial charge in [0.25, 0.3) is 5.91 Å². The molecule has 0 aromatic carbocycles. The number of rotatable bonds is 5. The second-order valence-corrected chi connectivity index (χ2v) is 6.03. The molecule has 0 aliphatic carbocycles. The minimum absolute atomic E-state index is 0. The number of aromatic amines is 1. The summed E-state index contributed by atoms with van der Waals surface area (Å²) in [4.78, 5) is 26.3. The third kappa shape index (κ3) is 4.94. The molecule has 1 unspecified atom stereocenters. The van der Waals surface area contributed by atoms with Crippen LogP contribution in [0, 0.1) is 5.92 Å². The average molecular weight is 344 g/mol. The van der Waals surface area contributed by atoms with Crippen LogP contribution in [0.4, 0.5) is 0 Å². The zero-order chi connectivity index (χ0) is 16.1. The molecular formula is C15H26ClN5O2. The molecule has 2 rings (SSSR count). The number of amides is 2. The van der Waals surface area contributed by atoms with Crippen LogP contribution in [0.25, 0.3) is 0 Å². The van der Waals surface area contributed by atoms with Gasteiger partial charge in [-0.25, -0.2) is 0 Å². The van der Waals surface area contributed by atoms with Gasteiger partial charge in [0.15, 0.2) is 0 Å². The van der Waals surface area contributed by atoms with Gasteiger partial charge >= 0.3 is 0 Å². The first kappa shape index (κ1) is 19.4. The van der Waals surface area contributed by atoms with Crippen LogP contribution in [0.2, 0.25) is 0 Å². The quantitative estimate of drug-likeness (QED) is 0.738.